The van der Waals surface area contributed by atoms with E-state index in [-0.39, 0.29) is 5.91 Å². The highest BCUT2D eigenvalue weighted by Gasteiger charge is 2.18. The number of rotatable bonds is 4. The van der Waals surface area contributed by atoms with Crippen LogP contribution in [-0.2, 0) is 0 Å². The lowest BCUT2D eigenvalue weighted by Crippen LogP contribution is -2.26. The van der Waals surface area contributed by atoms with Crippen LogP contribution in [-0.4, -0.2) is 27.2 Å². The normalized spacial score (nSPS) is 10.0. The largest absolute Gasteiger partial charge is 0.497 e. The first kappa shape index (κ1) is 14.7. The molecule has 0 fully saturated rings. The van der Waals surface area contributed by atoms with Crippen LogP contribution in [0.2, 0.25) is 0 Å². The first-order valence-electron chi connectivity index (χ1n) is 6.42. The standard InChI is InChI=1S/C16H18N2O3/c1-18(12-6-4-11(17)5-7-12)16(19)14-10-13(20-2)8-9-15(14)21-3/h4-10H,17H2,1-3H3. The van der Waals surface area contributed by atoms with Gasteiger partial charge in [0.15, 0.2) is 0 Å². The highest BCUT2D eigenvalue weighted by Crippen LogP contribution is 2.27. The van der Waals surface area contributed by atoms with Crippen molar-refractivity contribution in [1.82, 2.24) is 0 Å². The van der Waals surface area contributed by atoms with Crippen LogP contribution in [0.25, 0.3) is 0 Å². The molecule has 21 heavy (non-hydrogen) atoms. The quantitative estimate of drug-likeness (QED) is 0.877. The molecule has 0 spiro atoms. The first-order chi connectivity index (χ1) is 10.1. The number of hydrogen-bond donors (Lipinski definition) is 1. The summed E-state index contributed by atoms with van der Waals surface area (Å²) in [5.74, 6) is 0.920. The smallest absolute Gasteiger partial charge is 0.261 e. The Morgan fingerprint density at radius 2 is 1.71 bits per heavy atom. The summed E-state index contributed by atoms with van der Waals surface area (Å²) in [7, 11) is 4.79. The number of methoxy groups -OCH3 is 2. The minimum absolute atomic E-state index is 0.185. The fraction of sp³-hybridized carbons (Fsp3) is 0.188. The maximum Gasteiger partial charge on any atom is 0.261 e. The van der Waals surface area contributed by atoms with Crippen molar-refractivity contribution in [2.24, 2.45) is 0 Å². The van der Waals surface area contributed by atoms with Gasteiger partial charge in [0.25, 0.3) is 5.91 Å². The van der Waals surface area contributed by atoms with E-state index < -0.39 is 0 Å². The van der Waals surface area contributed by atoms with Crippen molar-refractivity contribution in [2.45, 2.75) is 0 Å². The maximum atomic E-state index is 12.6. The SMILES string of the molecule is COc1ccc(OC)c(C(=O)N(C)c2ccc(N)cc2)c1. The number of amides is 1. The van der Waals surface area contributed by atoms with Gasteiger partial charge in [0, 0.05) is 18.4 Å². The van der Waals surface area contributed by atoms with Crippen molar-refractivity contribution in [1.29, 1.82) is 0 Å². The van der Waals surface area contributed by atoms with Crippen LogP contribution in [0.4, 0.5) is 11.4 Å². The number of ether oxygens (including phenoxy) is 2. The Balaban J connectivity index is 2.36. The molecule has 0 heterocycles. The Morgan fingerprint density at radius 1 is 1.05 bits per heavy atom. The van der Waals surface area contributed by atoms with Crippen LogP contribution in [0.5, 0.6) is 11.5 Å². The summed E-state index contributed by atoms with van der Waals surface area (Å²) in [6.07, 6.45) is 0. The molecule has 0 aliphatic rings. The van der Waals surface area contributed by atoms with Crippen molar-refractivity contribution in [2.75, 3.05) is 31.9 Å². The van der Waals surface area contributed by atoms with E-state index in [1.165, 1.54) is 12.0 Å². The monoisotopic (exact) mass is 286 g/mol. The molecule has 0 unspecified atom stereocenters. The first-order valence-corrected chi connectivity index (χ1v) is 6.42. The minimum atomic E-state index is -0.185. The van der Waals surface area contributed by atoms with E-state index in [0.29, 0.717) is 22.7 Å². The van der Waals surface area contributed by atoms with Gasteiger partial charge in [-0.1, -0.05) is 0 Å². The summed E-state index contributed by atoms with van der Waals surface area (Å²) in [6.45, 7) is 0. The number of nitrogens with two attached hydrogens (primary N) is 1. The zero-order valence-corrected chi connectivity index (χ0v) is 12.3. The molecule has 0 radical (unpaired) electrons. The van der Waals surface area contributed by atoms with Gasteiger partial charge < -0.3 is 20.1 Å². The third-order valence-electron chi connectivity index (χ3n) is 3.22. The van der Waals surface area contributed by atoms with E-state index in [1.807, 2.05) is 0 Å². The van der Waals surface area contributed by atoms with Gasteiger partial charge in [0.2, 0.25) is 0 Å². The molecule has 5 heteroatoms. The van der Waals surface area contributed by atoms with E-state index in [2.05, 4.69) is 0 Å². The zero-order valence-electron chi connectivity index (χ0n) is 12.3. The molecule has 110 valence electrons. The van der Waals surface area contributed by atoms with E-state index >= 15 is 0 Å². The second-order valence-electron chi connectivity index (χ2n) is 4.52. The molecule has 0 aliphatic carbocycles. The number of nitrogens with zero attached hydrogens (tertiary/aromatic N) is 1. The van der Waals surface area contributed by atoms with Crippen LogP contribution < -0.4 is 20.1 Å². The fourth-order valence-electron chi connectivity index (χ4n) is 1.98. The molecule has 5 nitrogen and oxygen atoms in total. The van der Waals surface area contributed by atoms with Crippen molar-refractivity contribution in [3.05, 3.63) is 48.0 Å². The van der Waals surface area contributed by atoms with Gasteiger partial charge in [-0.25, -0.2) is 0 Å². The van der Waals surface area contributed by atoms with E-state index in [0.717, 1.165) is 5.69 Å². The maximum absolute atomic E-state index is 12.6. The Labute approximate surface area is 123 Å². The molecule has 1 amide bonds. The number of anilines is 2. The van der Waals surface area contributed by atoms with Crippen LogP contribution in [0.15, 0.2) is 42.5 Å². The number of carbonyl (C=O) groups is 1. The number of benzene rings is 2. The minimum Gasteiger partial charge on any atom is -0.497 e. The second-order valence-corrected chi connectivity index (χ2v) is 4.52. The summed E-state index contributed by atoms with van der Waals surface area (Å²) in [5, 5.41) is 0. The van der Waals surface area contributed by atoms with E-state index in [4.69, 9.17) is 15.2 Å². The van der Waals surface area contributed by atoms with Crippen LogP contribution in [0, 0.1) is 0 Å². The molecular formula is C16H18N2O3. The average Bonchev–Trinajstić information content (AvgIpc) is 2.53. The summed E-state index contributed by atoms with van der Waals surface area (Å²) < 4.78 is 10.4. The predicted octanol–water partition coefficient (Wildman–Crippen LogP) is 2.56. The van der Waals surface area contributed by atoms with Gasteiger partial charge in [-0.2, -0.15) is 0 Å². The Hall–Kier alpha value is -2.69. The van der Waals surface area contributed by atoms with E-state index in [9.17, 15) is 4.79 Å². The third-order valence-corrected chi connectivity index (χ3v) is 3.22. The predicted molar refractivity (Wildman–Crippen MR) is 83.1 cm³/mol. The molecule has 0 atom stereocenters. The summed E-state index contributed by atoms with van der Waals surface area (Å²) >= 11 is 0. The van der Waals surface area contributed by atoms with Gasteiger partial charge in [0.1, 0.15) is 11.5 Å². The lowest BCUT2D eigenvalue weighted by Gasteiger charge is -2.19. The molecular weight excluding hydrogens is 268 g/mol. The molecule has 2 rings (SSSR count). The van der Waals surface area contributed by atoms with E-state index in [1.54, 1.807) is 56.6 Å². The zero-order chi connectivity index (χ0) is 15.4. The van der Waals surface area contributed by atoms with Gasteiger partial charge in [-0.3, -0.25) is 4.79 Å². The Morgan fingerprint density at radius 3 is 2.29 bits per heavy atom. The summed E-state index contributed by atoms with van der Waals surface area (Å²) in [4.78, 5) is 14.2. The summed E-state index contributed by atoms with van der Waals surface area (Å²) in [6, 6.07) is 12.2. The lowest BCUT2D eigenvalue weighted by molar-refractivity contribution is 0.0989. The molecule has 0 bridgehead atoms. The molecule has 2 N–H and O–H groups in total. The van der Waals surface area contributed by atoms with Gasteiger partial charge >= 0.3 is 0 Å². The number of hydrogen-bond acceptors (Lipinski definition) is 4. The van der Waals surface area contributed by atoms with Crippen molar-refractivity contribution in [3.63, 3.8) is 0 Å². The van der Waals surface area contributed by atoms with Crippen molar-refractivity contribution >= 4 is 17.3 Å². The molecule has 0 saturated heterocycles. The van der Waals surface area contributed by atoms with Gasteiger partial charge in [-0.15, -0.1) is 0 Å². The highest BCUT2D eigenvalue weighted by atomic mass is 16.5. The molecule has 0 saturated carbocycles. The second kappa shape index (κ2) is 6.17. The Bertz CT molecular complexity index is 638. The van der Waals surface area contributed by atoms with Crippen LogP contribution >= 0.6 is 0 Å². The van der Waals surface area contributed by atoms with Crippen molar-refractivity contribution < 1.29 is 14.3 Å². The summed E-state index contributed by atoms with van der Waals surface area (Å²) in [5.41, 5.74) is 7.50. The Kier molecular flexibility index (Phi) is 4.33. The van der Waals surface area contributed by atoms with Gasteiger partial charge in [-0.05, 0) is 42.5 Å². The fourth-order valence-corrected chi connectivity index (χ4v) is 1.98. The lowest BCUT2D eigenvalue weighted by atomic mass is 10.1. The topological polar surface area (TPSA) is 64.8 Å². The van der Waals surface area contributed by atoms with Crippen LogP contribution in [0.3, 0.4) is 0 Å². The average molecular weight is 286 g/mol. The molecule has 2 aromatic carbocycles. The molecule has 0 aromatic heterocycles. The highest BCUT2D eigenvalue weighted by molar-refractivity contribution is 6.07. The van der Waals surface area contributed by atoms with Crippen LogP contribution in [0.1, 0.15) is 10.4 Å². The van der Waals surface area contributed by atoms with Gasteiger partial charge in [0.05, 0.1) is 19.8 Å². The third kappa shape index (κ3) is 3.08. The van der Waals surface area contributed by atoms with Crippen molar-refractivity contribution in [3.8, 4) is 11.5 Å². The molecule has 0 aliphatic heterocycles. The molecule has 2 aromatic rings. The number of carbonyl (C=O) groups excluding carboxylic acids is 1. The number of nitrogen functional groups attached to an aromatic ring is 1.